The Labute approximate surface area is 116 Å². The number of amides is 1. The molecular weight excluding hydrogens is 269 g/mol. The summed E-state index contributed by atoms with van der Waals surface area (Å²) in [5.74, 6) is -0.513. The number of carbonyl (C=O) groups excluding carboxylic acids is 1. The molecular formula is C14H19F3N2O. The van der Waals surface area contributed by atoms with Gasteiger partial charge in [0.15, 0.2) is 0 Å². The van der Waals surface area contributed by atoms with Crippen LogP contribution in [0.15, 0.2) is 18.2 Å². The van der Waals surface area contributed by atoms with Crippen molar-refractivity contribution < 1.29 is 18.0 Å². The number of nitrogen functional groups attached to an aromatic ring is 1. The lowest BCUT2D eigenvalue weighted by atomic mass is 9.98. The van der Waals surface area contributed by atoms with E-state index in [1.165, 1.54) is 4.90 Å². The van der Waals surface area contributed by atoms with Crippen LogP contribution in [0.1, 0.15) is 43.1 Å². The first-order valence-corrected chi connectivity index (χ1v) is 6.25. The van der Waals surface area contributed by atoms with Crippen molar-refractivity contribution in [3.8, 4) is 0 Å². The van der Waals surface area contributed by atoms with Crippen LogP contribution in [0.5, 0.6) is 0 Å². The molecule has 0 aromatic heterocycles. The molecule has 3 nitrogen and oxygen atoms in total. The summed E-state index contributed by atoms with van der Waals surface area (Å²) < 4.78 is 38.1. The van der Waals surface area contributed by atoms with Gasteiger partial charge in [0.1, 0.15) is 0 Å². The number of alkyl halides is 3. The Morgan fingerprint density at radius 2 is 1.85 bits per heavy atom. The first-order valence-electron chi connectivity index (χ1n) is 6.25. The predicted molar refractivity (Wildman–Crippen MR) is 72.3 cm³/mol. The second-order valence-corrected chi connectivity index (χ2v) is 5.33. The van der Waals surface area contributed by atoms with Crippen LogP contribution in [0.4, 0.5) is 18.9 Å². The van der Waals surface area contributed by atoms with Crippen LogP contribution in [-0.4, -0.2) is 23.4 Å². The molecule has 0 atom stereocenters. The maximum atomic E-state index is 12.7. The van der Waals surface area contributed by atoms with Crippen molar-refractivity contribution in [3.63, 3.8) is 0 Å². The first-order chi connectivity index (χ1) is 9.00. The van der Waals surface area contributed by atoms with Gasteiger partial charge in [0.25, 0.3) is 5.91 Å². The lowest BCUT2D eigenvalue weighted by Gasteiger charge is -2.35. The fourth-order valence-electron chi connectivity index (χ4n) is 1.61. The van der Waals surface area contributed by atoms with Crippen molar-refractivity contribution >= 4 is 11.6 Å². The van der Waals surface area contributed by atoms with E-state index >= 15 is 0 Å². The fraction of sp³-hybridized carbons (Fsp3) is 0.500. The van der Waals surface area contributed by atoms with Crippen LogP contribution in [0, 0.1) is 0 Å². The molecule has 6 heteroatoms. The number of hydrogen-bond donors (Lipinski definition) is 1. The molecule has 112 valence electrons. The zero-order valence-electron chi connectivity index (χ0n) is 12.0. The summed E-state index contributed by atoms with van der Waals surface area (Å²) in [5.41, 5.74) is 4.23. The molecule has 0 spiro atoms. The van der Waals surface area contributed by atoms with Crippen molar-refractivity contribution in [2.75, 3.05) is 12.8 Å². The normalized spacial score (nSPS) is 12.3. The Bertz CT molecular complexity index is 510. The van der Waals surface area contributed by atoms with Gasteiger partial charge in [0.2, 0.25) is 0 Å². The summed E-state index contributed by atoms with van der Waals surface area (Å²) in [5, 5.41) is 0. The standard InChI is InChI=1S/C14H19F3N2O/c1-5-13(2,3)19(4)12(20)10-8-9(14(15,16)17)6-7-11(10)18/h6-8H,5,18H2,1-4H3. The predicted octanol–water partition coefficient (Wildman–Crippen LogP) is 3.55. The van der Waals surface area contributed by atoms with Gasteiger partial charge in [-0.25, -0.2) is 0 Å². The molecule has 0 bridgehead atoms. The molecule has 0 fully saturated rings. The Hall–Kier alpha value is -1.72. The van der Waals surface area contributed by atoms with Crippen molar-refractivity contribution in [1.29, 1.82) is 0 Å². The van der Waals surface area contributed by atoms with E-state index in [-0.39, 0.29) is 11.3 Å². The van der Waals surface area contributed by atoms with E-state index in [0.29, 0.717) is 6.42 Å². The van der Waals surface area contributed by atoms with Gasteiger partial charge in [-0.3, -0.25) is 4.79 Å². The molecule has 2 N–H and O–H groups in total. The van der Waals surface area contributed by atoms with Crippen LogP contribution in [0.3, 0.4) is 0 Å². The second kappa shape index (κ2) is 5.34. The van der Waals surface area contributed by atoms with Crippen LogP contribution < -0.4 is 5.73 Å². The van der Waals surface area contributed by atoms with E-state index in [0.717, 1.165) is 18.2 Å². The zero-order chi connectivity index (χ0) is 15.7. The average molecular weight is 288 g/mol. The Kier molecular flexibility index (Phi) is 4.36. The van der Waals surface area contributed by atoms with Gasteiger partial charge < -0.3 is 10.6 Å². The Morgan fingerprint density at radius 1 is 1.30 bits per heavy atom. The SMILES string of the molecule is CCC(C)(C)N(C)C(=O)c1cc(C(F)(F)F)ccc1N. The largest absolute Gasteiger partial charge is 0.416 e. The van der Waals surface area contributed by atoms with Gasteiger partial charge in [-0.2, -0.15) is 13.2 Å². The van der Waals surface area contributed by atoms with Crippen molar-refractivity contribution in [3.05, 3.63) is 29.3 Å². The molecule has 0 aliphatic carbocycles. The Morgan fingerprint density at radius 3 is 2.30 bits per heavy atom. The summed E-state index contributed by atoms with van der Waals surface area (Å²) in [6, 6.07) is 2.79. The third-order valence-corrected chi connectivity index (χ3v) is 3.69. The summed E-state index contributed by atoms with van der Waals surface area (Å²) >= 11 is 0. The summed E-state index contributed by atoms with van der Waals surface area (Å²) in [6.07, 6.45) is -3.82. The number of carbonyl (C=O) groups is 1. The topological polar surface area (TPSA) is 46.3 Å². The molecule has 1 aromatic carbocycles. The third kappa shape index (κ3) is 3.23. The molecule has 1 aromatic rings. The lowest BCUT2D eigenvalue weighted by molar-refractivity contribution is -0.137. The number of anilines is 1. The highest BCUT2D eigenvalue weighted by molar-refractivity contribution is 5.99. The van der Waals surface area contributed by atoms with E-state index < -0.39 is 23.2 Å². The van der Waals surface area contributed by atoms with Gasteiger partial charge in [-0.15, -0.1) is 0 Å². The lowest BCUT2D eigenvalue weighted by Crippen LogP contribution is -2.44. The molecule has 0 aliphatic heterocycles. The molecule has 0 heterocycles. The van der Waals surface area contributed by atoms with Crippen LogP contribution in [0.2, 0.25) is 0 Å². The number of nitrogens with two attached hydrogens (primary N) is 1. The molecule has 0 aliphatic rings. The van der Waals surface area contributed by atoms with E-state index in [4.69, 9.17) is 5.73 Å². The van der Waals surface area contributed by atoms with E-state index in [1.807, 2.05) is 20.8 Å². The number of hydrogen-bond acceptors (Lipinski definition) is 2. The molecule has 1 amide bonds. The van der Waals surface area contributed by atoms with Gasteiger partial charge in [-0.1, -0.05) is 6.92 Å². The molecule has 0 saturated carbocycles. The summed E-state index contributed by atoms with van der Waals surface area (Å²) in [7, 11) is 1.56. The number of rotatable bonds is 3. The maximum Gasteiger partial charge on any atom is 0.416 e. The van der Waals surface area contributed by atoms with E-state index in [2.05, 4.69) is 0 Å². The van der Waals surface area contributed by atoms with Crippen LogP contribution in [0.25, 0.3) is 0 Å². The van der Waals surface area contributed by atoms with Gasteiger partial charge in [-0.05, 0) is 38.5 Å². The average Bonchev–Trinajstić information content (AvgIpc) is 2.36. The highest BCUT2D eigenvalue weighted by Gasteiger charge is 2.33. The van der Waals surface area contributed by atoms with Gasteiger partial charge in [0, 0.05) is 18.3 Å². The quantitative estimate of drug-likeness (QED) is 0.865. The number of halogens is 3. The molecule has 0 radical (unpaired) electrons. The highest BCUT2D eigenvalue weighted by atomic mass is 19.4. The highest BCUT2D eigenvalue weighted by Crippen LogP contribution is 2.32. The zero-order valence-corrected chi connectivity index (χ0v) is 12.0. The summed E-state index contributed by atoms with van der Waals surface area (Å²) in [6.45, 7) is 5.59. The van der Waals surface area contributed by atoms with Crippen molar-refractivity contribution in [1.82, 2.24) is 4.90 Å². The maximum absolute atomic E-state index is 12.7. The van der Waals surface area contributed by atoms with E-state index in [9.17, 15) is 18.0 Å². The molecule has 1 rings (SSSR count). The van der Waals surface area contributed by atoms with Crippen LogP contribution in [-0.2, 0) is 6.18 Å². The minimum Gasteiger partial charge on any atom is -0.398 e. The van der Waals surface area contributed by atoms with Crippen LogP contribution >= 0.6 is 0 Å². The Balaban J connectivity index is 3.23. The molecule has 0 unspecified atom stereocenters. The second-order valence-electron chi connectivity index (χ2n) is 5.33. The summed E-state index contributed by atoms with van der Waals surface area (Å²) in [4.78, 5) is 13.7. The minimum atomic E-state index is -4.50. The fourth-order valence-corrected chi connectivity index (χ4v) is 1.61. The van der Waals surface area contributed by atoms with Crippen molar-refractivity contribution in [2.45, 2.75) is 38.9 Å². The third-order valence-electron chi connectivity index (χ3n) is 3.69. The number of nitrogens with zero attached hydrogens (tertiary/aromatic N) is 1. The molecule has 0 saturated heterocycles. The first kappa shape index (κ1) is 16.3. The van der Waals surface area contributed by atoms with Gasteiger partial charge in [0.05, 0.1) is 11.1 Å². The van der Waals surface area contributed by atoms with Crippen molar-refractivity contribution in [2.24, 2.45) is 0 Å². The van der Waals surface area contributed by atoms with E-state index in [1.54, 1.807) is 7.05 Å². The minimum absolute atomic E-state index is 0.0433. The monoisotopic (exact) mass is 288 g/mol. The molecule has 20 heavy (non-hydrogen) atoms. The number of benzene rings is 1. The van der Waals surface area contributed by atoms with Gasteiger partial charge >= 0.3 is 6.18 Å². The smallest absolute Gasteiger partial charge is 0.398 e.